The molecule has 33 heavy (non-hydrogen) atoms. The van der Waals surface area contributed by atoms with Crippen molar-refractivity contribution in [1.82, 2.24) is 0 Å². The Kier molecular flexibility index (Phi) is 15.4. The Morgan fingerprint density at radius 1 is 1.00 bits per heavy atom. The third-order valence-electron chi connectivity index (χ3n) is 6.80. The molecule has 0 bridgehead atoms. The molecular weight excluding hydrogens is 412 g/mol. The van der Waals surface area contributed by atoms with Gasteiger partial charge in [-0.3, -0.25) is 14.4 Å². The molecular formula is C29H46O4. The first-order valence-corrected chi connectivity index (χ1v) is 13.1. The minimum absolute atomic E-state index is 0.00304. The molecule has 4 heteroatoms. The highest BCUT2D eigenvalue weighted by atomic mass is 16.5. The van der Waals surface area contributed by atoms with Gasteiger partial charge in [0.25, 0.3) is 0 Å². The standard InChI is InChI=1S/C29H46O4/c1-5-9-10-11-12-13-14-15-17-25(30)20-23(16-6-2)21-29(32)33-26-18-19-27(28(31)8-4)24(7-3)22-26/h6,8,15,17,23-24,26-27H,2,4-5,7,9-14,16,18-22H2,1,3H3/b17-15-/t23?,24-,26+,27?/m1/s1. The molecule has 1 aliphatic rings. The third kappa shape index (κ3) is 12.2. The molecule has 4 atom stereocenters. The van der Waals surface area contributed by atoms with E-state index >= 15 is 0 Å². The molecule has 0 N–H and O–H groups in total. The van der Waals surface area contributed by atoms with Crippen molar-refractivity contribution in [3.05, 3.63) is 37.5 Å². The maximum Gasteiger partial charge on any atom is 0.306 e. The molecule has 0 aromatic rings. The van der Waals surface area contributed by atoms with Crippen molar-refractivity contribution in [3.63, 3.8) is 0 Å². The Morgan fingerprint density at radius 2 is 1.73 bits per heavy atom. The Morgan fingerprint density at radius 3 is 2.39 bits per heavy atom. The number of ether oxygens (including phenoxy) is 1. The van der Waals surface area contributed by atoms with E-state index in [9.17, 15) is 14.4 Å². The highest BCUT2D eigenvalue weighted by molar-refractivity contribution is 5.91. The number of hydrogen-bond donors (Lipinski definition) is 0. The van der Waals surface area contributed by atoms with Crippen molar-refractivity contribution >= 4 is 17.5 Å². The fourth-order valence-electron chi connectivity index (χ4n) is 4.86. The summed E-state index contributed by atoms with van der Waals surface area (Å²) in [5.41, 5.74) is 0. The number of hydrogen-bond acceptors (Lipinski definition) is 4. The smallest absolute Gasteiger partial charge is 0.306 e. The van der Waals surface area contributed by atoms with E-state index in [1.807, 2.05) is 6.08 Å². The molecule has 1 fully saturated rings. The molecule has 1 rings (SSSR count). The highest BCUT2D eigenvalue weighted by Gasteiger charge is 2.34. The van der Waals surface area contributed by atoms with Crippen molar-refractivity contribution in [2.45, 2.75) is 110 Å². The number of carbonyl (C=O) groups excluding carboxylic acids is 3. The van der Waals surface area contributed by atoms with Crippen LogP contribution in [-0.2, 0) is 19.1 Å². The molecule has 0 amide bonds. The van der Waals surface area contributed by atoms with Gasteiger partial charge in [-0.2, -0.15) is 0 Å². The van der Waals surface area contributed by atoms with Gasteiger partial charge in [-0.05, 0) is 62.5 Å². The summed E-state index contributed by atoms with van der Waals surface area (Å²) >= 11 is 0. The Balaban J connectivity index is 2.41. The van der Waals surface area contributed by atoms with Crippen LogP contribution >= 0.6 is 0 Å². The molecule has 1 aliphatic carbocycles. The lowest BCUT2D eigenvalue weighted by molar-refractivity contribution is -0.153. The summed E-state index contributed by atoms with van der Waals surface area (Å²) < 4.78 is 5.76. The van der Waals surface area contributed by atoms with Gasteiger partial charge in [0.05, 0.1) is 0 Å². The maximum atomic E-state index is 12.6. The second kappa shape index (κ2) is 17.5. The van der Waals surface area contributed by atoms with Crippen LogP contribution in [0, 0.1) is 17.8 Å². The first-order valence-electron chi connectivity index (χ1n) is 13.1. The summed E-state index contributed by atoms with van der Waals surface area (Å²) in [6.07, 6.45) is 19.3. The lowest BCUT2D eigenvalue weighted by Gasteiger charge is -2.34. The van der Waals surface area contributed by atoms with Crippen LogP contribution in [-0.4, -0.2) is 23.6 Å². The lowest BCUT2D eigenvalue weighted by atomic mass is 9.74. The van der Waals surface area contributed by atoms with E-state index in [1.54, 1.807) is 12.2 Å². The minimum Gasteiger partial charge on any atom is -0.462 e. The third-order valence-corrected chi connectivity index (χ3v) is 6.80. The van der Waals surface area contributed by atoms with E-state index in [2.05, 4.69) is 27.0 Å². The van der Waals surface area contributed by atoms with Gasteiger partial charge in [-0.25, -0.2) is 0 Å². The van der Waals surface area contributed by atoms with Gasteiger partial charge in [0, 0.05) is 18.8 Å². The van der Waals surface area contributed by atoms with Gasteiger partial charge in [0.15, 0.2) is 11.6 Å². The van der Waals surface area contributed by atoms with E-state index in [-0.39, 0.29) is 47.8 Å². The maximum absolute atomic E-state index is 12.6. The Bertz CT molecular complexity index is 648. The fraction of sp³-hybridized carbons (Fsp3) is 0.690. The van der Waals surface area contributed by atoms with Gasteiger partial charge >= 0.3 is 5.97 Å². The summed E-state index contributed by atoms with van der Waals surface area (Å²) in [5.74, 6) is 0.0536. The van der Waals surface area contributed by atoms with Crippen LogP contribution in [0.3, 0.4) is 0 Å². The van der Waals surface area contributed by atoms with Crippen LogP contribution in [0.15, 0.2) is 37.5 Å². The van der Waals surface area contributed by atoms with Gasteiger partial charge in [-0.1, -0.05) is 71.1 Å². The predicted octanol–water partition coefficient (Wildman–Crippen LogP) is 7.33. The molecule has 0 aromatic heterocycles. The fourth-order valence-corrected chi connectivity index (χ4v) is 4.86. The molecule has 0 radical (unpaired) electrons. The summed E-state index contributed by atoms with van der Waals surface area (Å²) in [4.78, 5) is 37.0. The number of esters is 1. The number of allylic oxidation sites excluding steroid dienone is 4. The van der Waals surface area contributed by atoms with Gasteiger partial charge in [0.1, 0.15) is 6.10 Å². The Labute approximate surface area is 201 Å². The van der Waals surface area contributed by atoms with E-state index in [4.69, 9.17) is 4.74 Å². The van der Waals surface area contributed by atoms with E-state index < -0.39 is 0 Å². The lowest BCUT2D eigenvalue weighted by Crippen LogP contribution is -2.34. The van der Waals surface area contributed by atoms with Gasteiger partial charge < -0.3 is 4.74 Å². The van der Waals surface area contributed by atoms with E-state index in [1.165, 1.54) is 38.2 Å². The van der Waals surface area contributed by atoms with Crippen LogP contribution in [0.4, 0.5) is 0 Å². The molecule has 0 heterocycles. The van der Waals surface area contributed by atoms with Gasteiger partial charge in [0.2, 0.25) is 0 Å². The number of ketones is 2. The molecule has 0 saturated heterocycles. The number of rotatable bonds is 18. The summed E-state index contributed by atoms with van der Waals surface area (Å²) in [6, 6.07) is 0. The zero-order valence-corrected chi connectivity index (χ0v) is 21.1. The van der Waals surface area contributed by atoms with Crippen molar-refractivity contribution in [3.8, 4) is 0 Å². The second-order valence-electron chi connectivity index (χ2n) is 9.53. The predicted molar refractivity (Wildman–Crippen MR) is 136 cm³/mol. The van der Waals surface area contributed by atoms with Crippen molar-refractivity contribution in [1.29, 1.82) is 0 Å². The first kappa shape index (κ1) is 29.1. The van der Waals surface area contributed by atoms with Crippen LogP contribution in [0.5, 0.6) is 0 Å². The molecule has 0 aliphatic heterocycles. The minimum atomic E-state index is -0.251. The first-order chi connectivity index (χ1) is 15.9. The van der Waals surface area contributed by atoms with E-state index in [0.717, 1.165) is 32.1 Å². The topological polar surface area (TPSA) is 60.4 Å². The molecule has 0 spiro atoms. The average molecular weight is 459 g/mol. The largest absolute Gasteiger partial charge is 0.462 e. The molecule has 0 aromatic carbocycles. The monoisotopic (exact) mass is 458 g/mol. The zero-order chi connectivity index (χ0) is 24.5. The van der Waals surface area contributed by atoms with Crippen LogP contribution in [0.25, 0.3) is 0 Å². The summed E-state index contributed by atoms with van der Waals surface area (Å²) in [6.45, 7) is 11.7. The molecule has 2 unspecified atom stereocenters. The van der Waals surface area contributed by atoms with Crippen molar-refractivity contribution in [2.24, 2.45) is 17.8 Å². The summed E-state index contributed by atoms with van der Waals surface area (Å²) in [5, 5.41) is 0. The van der Waals surface area contributed by atoms with Crippen molar-refractivity contribution < 1.29 is 19.1 Å². The zero-order valence-electron chi connectivity index (χ0n) is 21.1. The Hall–Kier alpha value is -1.97. The number of unbranched alkanes of at least 4 members (excludes halogenated alkanes) is 6. The molecule has 1 saturated carbocycles. The van der Waals surface area contributed by atoms with Crippen LogP contribution in [0.1, 0.15) is 104 Å². The highest BCUT2D eigenvalue weighted by Crippen LogP contribution is 2.35. The molecule has 186 valence electrons. The SMILES string of the molecule is C=CCC(CC(=O)/C=C\CCCCCCCC)CC(=O)O[C@H]1CCC(C(=O)C=C)[C@H](CC)C1. The average Bonchev–Trinajstić information content (AvgIpc) is 2.80. The number of carbonyl (C=O) groups is 3. The van der Waals surface area contributed by atoms with Crippen LogP contribution in [0.2, 0.25) is 0 Å². The summed E-state index contributed by atoms with van der Waals surface area (Å²) in [7, 11) is 0. The normalized spacial score (nSPS) is 21.5. The second-order valence-corrected chi connectivity index (χ2v) is 9.53. The molecule has 4 nitrogen and oxygen atoms in total. The van der Waals surface area contributed by atoms with E-state index in [0.29, 0.717) is 19.3 Å². The van der Waals surface area contributed by atoms with Crippen molar-refractivity contribution in [2.75, 3.05) is 0 Å². The quantitative estimate of drug-likeness (QED) is 0.0933. The van der Waals surface area contributed by atoms with Gasteiger partial charge in [-0.15, -0.1) is 6.58 Å². The van der Waals surface area contributed by atoms with Crippen LogP contribution < -0.4 is 0 Å².